The van der Waals surface area contributed by atoms with Crippen LogP contribution < -0.4 is 0 Å². The molecular formula is C20H27N3O2. The number of nitrogens with zero attached hydrogens (tertiary/aromatic N) is 3. The van der Waals surface area contributed by atoms with Gasteiger partial charge in [0.25, 0.3) is 0 Å². The highest BCUT2D eigenvalue weighted by atomic mass is 16.2. The molecule has 1 fully saturated rings. The molecule has 134 valence electrons. The molecule has 0 saturated heterocycles. The van der Waals surface area contributed by atoms with E-state index in [1.54, 1.807) is 0 Å². The van der Waals surface area contributed by atoms with Gasteiger partial charge in [0.05, 0.1) is 12.3 Å². The topological polar surface area (TPSA) is 53.0 Å². The van der Waals surface area contributed by atoms with Crippen LogP contribution in [0.3, 0.4) is 0 Å². The van der Waals surface area contributed by atoms with Gasteiger partial charge in [-0.1, -0.05) is 37.3 Å². The number of benzene rings is 1. The maximum Gasteiger partial charge on any atom is 0.243 e. The summed E-state index contributed by atoms with van der Waals surface area (Å²) in [4.78, 5) is 26.7. The van der Waals surface area contributed by atoms with E-state index in [9.17, 15) is 9.59 Å². The first kappa shape index (κ1) is 17.6. The Morgan fingerprint density at radius 2 is 1.96 bits per heavy atom. The molecular weight excluding hydrogens is 314 g/mol. The van der Waals surface area contributed by atoms with Crippen molar-refractivity contribution in [3.05, 3.63) is 35.9 Å². The SMILES string of the molecule is CCCN(CC1CC1)C(=O)CCC(=O)N1CCC(c2ccccc2)=N1. The fraction of sp³-hybridized carbons (Fsp3) is 0.550. The minimum atomic E-state index is -0.0536. The number of hydrazone groups is 1. The van der Waals surface area contributed by atoms with Gasteiger partial charge in [-0.15, -0.1) is 0 Å². The van der Waals surface area contributed by atoms with Crippen LogP contribution in [0.15, 0.2) is 35.4 Å². The van der Waals surface area contributed by atoms with E-state index in [-0.39, 0.29) is 24.7 Å². The van der Waals surface area contributed by atoms with E-state index in [1.165, 1.54) is 17.9 Å². The van der Waals surface area contributed by atoms with Crippen LogP contribution in [0.25, 0.3) is 0 Å². The second kappa shape index (κ2) is 8.28. The Kier molecular flexibility index (Phi) is 5.84. The molecule has 25 heavy (non-hydrogen) atoms. The van der Waals surface area contributed by atoms with Crippen molar-refractivity contribution in [2.75, 3.05) is 19.6 Å². The molecule has 5 nitrogen and oxygen atoms in total. The number of amides is 2. The van der Waals surface area contributed by atoms with Gasteiger partial charge in [0.1, 0.15) is 0 Å². The van der Waals surface area contributed by atoms with Crippen LogP contribution in [0.2, 0.25) is 0 Å². The third-order valence-corrected chi connectivity index (χ3v) is 4.77. The smallest absolute Gasteiger partial charge is 0.243 e. The molecule has 5 heteroatoms. The summed E-state index contributed by atoms with van der Waals surface area (Å²) < 4.78 is 0. The highest BCUT2D eigenvalue weighted by molar-refractivity contribution is 6.02. The third kappa shape index (κ3) is 4.91. The molecule has 1 aromatic carbocycles. The summed E-state index contributed by atoms with van der Waals surface area (Å²) in [5.41, 5.74) is 2.01. The van der Waals surface area contributed by atoms with Crippen LogP contribution in [0, 0.1) is 5.92 Å². The Morgan fingerprint density at radius 3 is 2.64 bits per heavy atom. The minimum absolute atomic E-state index is 0.0536. The molecule has 1 saturated carbocycles. The molecule has 1 aromatic rings. The number of rotatable bonds is 8. The Bertz CT molecular complexity index is 638. The summed E-state index contributed by atoms with van der Waals surface area (Å²) in [6.07, 6.45) is 4.73. The molecule has 1 heterocycles. The van der Waals surface area contributed by atoms with E-state index in [0.29, 0.717) is 12.5 Å². The van der Waals surface area contributed by atoms with Gasteiger partial charge >= 0.3 is 0 Å². The van der Waals surface area contributed by atoms with Crippen molar-refractivity contribution in [1.29, 1.82) is 0 Å². The highest BCUT2D eigenvalue weighted by Gasteiger charge is 2.27. The van der Waals surface area contributed by atoms with Crippen molar-refractivity contribution in [3.8, 4) is 0 Å². The van der Waals surface area contributed by atoms with Crippen molar-refractivity contribution in [2.45, 2.75) is 45.4 Å². The second-order valence-corrected chi connectivity index (χ2v) is 6.96. The quantitative estimate of drug-likeness (QED) is 0.730. The predicted octanol–water partition coefficient (Wildman–Crippen LogP) is 3.05. The summed E-state index contributed by atoms with van der Waals surface area (Å²) in [6, 6.07) is 9.94. The average molecular weight is 341 g/mol. The van der Waals surface area contributed by atoms with Crippen LogP contribution in [-0.4, -0.2) is 47.1 Å². The molecule has 1 aliphatic carbocycles. The van der Waals surface area contributed by atoms with Crippen molar-refractivity contribution in [1.82, 2.24) is 9.91 Å². The van der Waals surface area contributed by atoms with Crippen molar-refractivity contribution >= 4 is 17.5 Å². The van der Waals surface area contributed by atoms with Gasteiger partial charge in [0.15, 0.2) is 0 Å². The maximum atomic E-state index is 12.4. The Balaban J connectivity index is 1.50. The van der Waals surface area contributed by atoms with Gasteiger partial charge in [-0.05, 0) is 30.7 Å². The standard InChI is InChI=1S/C20H27N3O2/c1-2-13-22(15-16-8-9-16)19(24)10-11-20(25)23-14-12-18(21-23)17-6-4-3-5-7-17/h3-7,16H,2,8-15H2,1H3. The van der Waals surface area contributed by atoms with Crippen molar-refractivity contribution < 1.29 is 9.59 Å². The Labute approximate surface area is 149 Å². The van der Waals surface area contributed by atoms with Crippen LogP contribution in [0.5, 0.6) is 0 Å². The number of carbonyl (C=O) groups is 2. The molecule has 0 aromatic heterocycles. The van der Waals surface area contributed by atoms with Crippen LogP contribution in [0.1, 0.15) is 51.0 Å². The molecule has 0 atom stereocenters. The van der Waals surface area contributed by atoms with Gasteiger partial charge in [-0.2, -0.15) is 5.10 Å². The summed E-state index contributed by atoms with van der Waals surface area (Å²) in [6.45, 7) is 4.35. The lowest BCUT2D eigenvalue weighted by molar-refractivity contribution is -0.137. The van der Waals surface area contributed by atoms with E-state index in [4.69, 9.17) is 0 Å². The van der Waals surface area contributed by atoms with Gasteiger partial charge in [0.2, 0.25) is 11.8 Å². The zero-order valence-electron chi connectivity index (χ0n) is 15.0. The van der Waals surface area contributed by atoms with E-state index in [0.717, 1.165) is 37.2 Å². The van der Waals surface area contributed by atoms with Crippen LogP contribution >= 0.6 is 0 Å². The molecule has 2 amide bonds. The number of hydrogen-bond donors (Lipinski definition) is 0. The fourth-order valence-electron chi connectivity index (χ4n) is 3.17. The Hall–Kier alpha value is -2.17. The fourth-order valence-corrected chi connectivity index (χ4v) is 3.17. The van der Waals surface area contributed by atoms with Crippen molar-refractivity contribution in [2.24, 2.45) is 11.0 Å². The molecule has 0 N–H and O–H groups in total. The normalized spacial score (nSPS) is 16.7. The lowest BCUT2D eigenvalue weighted by Gasteiger charge is -2.22. The lowest BCUT2D eigenvalue weighted by atomic mass is 10.1. The zero-order valence-corrected chi connectivity index (χ0v) is 15.0. The van der Waals surface area contributed by atoms with Crippen molar-refractivity contribution in [3.63, 3.8) is 0 Å². The first-order valence-corrected chi connectivity index (χ1v) is 9.38. The van der Waals surface area contributed by atoms with Gasteiger partial charge in [-0.3, -0.25) is 9.59 Å². The third-order valence-electron chi connectivity index (χ3n) is 4.77. The summed E-state index contributed by atoms with van der Waals surface area (Å²) in [7, 11) is 0. The minimum Gasteiger partial charge on any atom is -0.342 e. The monoisotopic (exact) mass is 341 g/mol. The summed E-state index contributed by atoms with van der Waals surface area (Å²) >= 11 is 0. The lowest BCUT2D eigenvalue weighted by Crippen LogP contribution is -2.34. The van der Waals surface area contributed by atoms with Gasteiger partial charge in [0, 0.05) is 32.4 Å². The van der Waals surface area contributed by atoms with Gasteiger partial charge in [-0.25, -0.2) is 5.01 Å². The highest BCUT2D eigenvalue weighted by Crippen LogP contribution is 2.30. The van der Waals surface area contributed by atoms with Crippen LogP contribution in [0.4, 0.5) is 0 Å². The van der Waals surface area contributed by atoms with E-state index >= 15 is 0 Å². The van der Waals surface area contributed by atoms with E-state index in [2.05, 4.69) is 12.0 Å². The molecule has 2 aliphatic rings. The molecule has 0 unspecified atom stereocenters. The number of carbonyl (C=O) groups excluding carboxylic acids is 2. The summed E-state index contributed by atoms with van der Waals surface area (Å²) in [5.74, 6) is 0.735. The molecule has 0 radical (unpaired) electrons. The number of hydrogen-bond acceptors (Lipinski definition) is 3. The molecule has 0 bridgehead atoms. The summed E-state index contributed by atoms with van der Waals surface area (Å²) in [5, 5.41) is 5.98. The van der Waals surface area contributed by atoms with Crippen LogP contribution in [-0.2, 0) is 9.59 Å². The first-order chi connectivity index (χ1) is 12.2. The average Bonchev–Trinajstić information content (AvgIpc) is 3.32. The predicted molar refractivity (Wildman–Crippen MR) is 98.1 cm³/mol. The van der Waals surface area contributed by atoms with E-state index < -0.39 is 0 Å². The molecule has 3 rings (SSSR count). The zero-order chi connectivity index (χ0) is 17.6. The van der Waals surface area contributed by atoms with Gasteiger partial charge < -0.3 is 4.90 Å². The molecule has 0 spiro atoms. The largest absolute Gasteiger partial charge is 0.342 e. The molecule has 1 aliphatic heterocycles. The maximum absolute atomic E-state index is 12.4. The van der Waals surface area contributed by atoms with E-state index in [1.807, 2.05) is 35.2 Å². The first-order valence-electron chi connectivity index (χ1n) is 9.38. The Morgan fingerprint density at radius 1 is 1.20 bits per heavy atom. The second-order valence-electron chi connectivity index (χ2n) is 6.96.